The maximum absolute atomic E-state index is 13.2. The van der Waals surface area contributed by atoms with Crippen molar-refractivity contribution in [2.75, 3.05) is 6.61 Å². The molecule has 1 N–H and O–H groups in total. The fourth-order valence-electron chi connectivity index (χ4n) is 3.08. The highest BCUT2D eigenvalue weighted by Crippen LogP contribution is 2.34. The predicted octanol–water partition coefficient (Wildman–Crippen LogP) is 3.60. The summed E-state index contributed by atoms with van der Waals surface area (Å²) < 4.78 is 19.1. The molecular weight excluding hydrogens is 267 g/mol. The van der Waals surface area contributed by atoms with Gasteiger partial charge in [-0.2, -0.15) is 0 Å². The highest BCUT2D eigenvalue weighted by atomic mass is 19.1. The number of aliphatic hydroxyl groups excluding tert-OH is 1. The SMILES string of the molecule is Cc1ccccc1C(CO)CC1Cc2cc(F)ccc2O1. The van der Waals surface area contributed by atoms with Gasteiger partial charge in [0.1, 0.15) is 17.7 Å². The van der Waals surface area contributed by atoms with Gasteiger partial charge in [0.2, 0.25) is 0 Å². The average Bonchev–Trinajstić information content (AvgIpc) is 2.87. The molecule has 21 heavy (non-hydrogen) atoms. The van der Waals surface area contributed by atoms with Gasteiger partial charge in [-0.1, -0.05) is 24.3 Å². The topological polar surface area (TPSA) is 29.5 Å². The van der Waals surface area contributed by atoms with Crippen molar-refractivity contribution in [3.63, 3.8) is 0 Å². The molecular formula is C18H19FO2. The van der Waals surface area contributed by atoms with E-state index in [1.165, 1.54) is 17.7 Å². The highest BCUT2D eigenvalue weighted by molar-refractivity contribution is 5.38. The van der Waals surface area contributed by atoms with Crippen LogP contribution in [0.4, 0.5) is 4.39 Å². The van der Waals surface area contributed by atoms with Crippen LogP contribution >= 0.6 is 0 Å². The molecule has 0 bridgehead atoms. The van der Waals surface area contributed by atoms with Crippen LogP contribution < -0.4 is 4.74 Å². The molecule has 3 rings (SSSR count). The van der Waals surface area contributed by atoms with Crippen LogP contribution in [0.1, 0.15) is 29.0 Å². The lowest BCUT2D eigenvalue weighted by atomic mass is 9.89. The number of aliphatic hydroxyl groups is 1. The maximum Gasteiger partial charge on any atom is 0.123 e. The Hall–Kier alpha value is -1.87. The fraction of sp³-hybridized carbons (Fsp3) is 0.333. The van der Waals surface area contributed by atoms with Crippen molar-refractivity contribution in [1.82, 2.24) is 0 Å². The Balaban J connectivity index is 1.74. The van der Waals surface area contributed by atoms with E-state index in [9.17, 15) is 9.50 Å². The number of aryl methyl sites for hydroxylation is 1. The van der Waals surface area contributed by atoms with Crippen LogP contribution in [0.25, 0.3) is 0 Å². The van der Waals surface area contributed by atoms with Crippen molar-refractivity contribution >= 4 is 0 Å². The van der Waals surface area contributed by atoms with Gasteiger partial charge in [0.25, 0.3) is 0 Å². The number of ether oxygens (including phenoxy) is 1. The Morgan fingerprint density at radius 1 is 1.29 bits per heavy atom. The summed E-state index contributed by atoms with van der Waals surface area (Å²) in [7, 11) is 0. The van der Waals surface area contributed by atoms with Crippen molar-refractivity contribution < 1.29 is 14.2 Å². The van der Waals surface area contributed by atoms with Crippen LogP contribution in [0.3, 0.4) is 0 Å². The molecule has 1 aliphatic rings. The molecule has 2 aromatic carbocycles. The second kappa shape index (κ2) is 5.86. The Bertz CT molecular complexity index is 639. The molecule has 0 aliphatic carbocycles. The Labute approximate surface area is 124 Å². The zero-order valence-corrected chi connectivity index (χ0v) is 12.1. The number of rotatable bonds is 4. The number of hydrogen-bond donors (Lipinski definition) is 1. The third kappa shape index (κ3) is 2.93. The summed E-state index contributed by atoms with van der Waals surface area (Å²) in [5.74, 6) is 0.592. The second-order valence-electron chi connectivity index (χ2n) is 5.67. The Morgan fingerprint density at radius 2 is 2.10 bits per heavy atom. The lowest BCUT2D eigenvalue weighted by Gasteiger charge is -2.20. The van der Waals surface area contributed by atoms with Gasteiger partial charge in [-0.25, -0.2) is 4.39 Å². The smallest absolute Gasteiger partial charge is 0.123 e. The Kier molecular flexibility index (Phi) is 3.93. The largest absolute Gasteiger partial charge is 0.490 e. The number of hydrogen-bond acceptors (Lipinski definition) is 2. The molecule has 2 aromatic rings. The number of benzene rings is 2. The third-order valence-electron chi connectivity index (χ3n) is 4.16. The summed E-state index contributed by atoms with van der Waals surface area (Å²) in [6.07, 6.45) is 1.44. The van der Waals surface area contributed by atoms with Gasteiger partial charge in [-0.15, -0.1) is 0 Å². The average molecular weight is 286 g/mol. The van der Waals surface area contributed by atoms with E-state index in [4.69, 9.17) is 4.74 Å². The van der Waals surface area contributed by atoms with Crippen molar-refractivity contribution in [3.8, 4) is 5.75 Å². The summed E-state index contributed by atoms with van der Waals surface area (Å²) in [4.78, 5) is 0. The summed E-state index contributed by atoms with van der Waals surface area (Å²) in [5.41, 5.74) is 3.25. The fourth-order valence-corrected chi connectivity index (χ4v) is 3.08. The molecule has 1 aliphatic heterocycles. The monoisotopic (exact) mass is 286 g/mol. The Morgan fingerprint density at radius 3 is 2.86 bits per heavy atom. The molecule has 1 heterocycles. The van der Waals surface area contributed by atoms with Crippen LogP contribution in [-0.2, 0) is 6.42 Å². The first-order valence-corrected chi connectivity index (χ1v) is 7.29. The molecule has 110 valence electrons. The summed E-state index contributed by atoms with van der Waals surface area (Å²) in [6, 6.07) is 12.7. The van der Waals surface area contributed by atoms with E-state index < -0.39 is 0 Å². The quantitative estimate of drug-likeness (QED) is 0.930. The molecule has 0 saturated carbocycles. The zero-order valence-electron chi connectivity index (χ0n) is 12.1. The highest BCUT2D eigenvalue weighted by Gasteiger charge is 2.27. The van der Waals surface area contributed by atoms with Gasteiger partial charge in [0.05, 0.1) is 6.61 Å². The van der Waals surface area contributed by atoms with Crippen LogP contribution in [-0.4, -0.2) is 17.8 Å². The van der Waals surface area contributed by atoms with Crippen LogP contribution in [0, 0.1) is 12.7 Å². The molecule has 2 unspecified atom stereocenters. The molecule has 0 saturated heterocycles. The van der Waals surface area contributed by atoms with Gasteiger partial charge in [0.15, 0.2) is 0 Å². The van der Waals surface area contributed by atoms with Crippen molar-refractivity contribution in [1.29, 1.82) is 0 Å². The molecule has 0 fully saturated rings. The summed E-state index contributed by atoms with van der Waals surface area (Å²) in [5, 5.41) is 9.71. The van der Waals surface area contributed by atoms with E-state index in [0.717, 1.165) is 23.3 Å². The maximum atomic E-state index is 13.2. The van der Waals surface area contributed by atoms with E-state index in [2.05, 4.69) is 19.1 Å². The van der Waals surface area contributed by atoms with E-state index in [0.29, 0.717) is 6.42 Å². The van der Waals surface area contributed by atoms with Gasteiger partial charge in [-0.05, 0) is 42.7 Å². The standard InChI is InChI=1S/C18H19FO2/c1-12-4-2-3-5-17(12)14(11-20)10-16-9-13-8-15(19)6-7-18(13)21-16/h2-8,14,16,20H,9-11H2,1H3. The molecule has 0 spiro atoms. The van der Waals surface area contributed by atoms with Gasteiger partial charge >= 0.3 is 0 Å². The van der Waals surface area contributed by atoms with E-state index in [1.807, 2.05) is 12.1 Å². The minimum absolute atomic E-state index is 0.00134. The first kappa shape index (κ1) is 14.1. The van der Waals surface area contributed by atoms with Crippen LogP contribution in [0.2, 0.25) is 0 Å². The lowest BCUT2D eigenvalue weighted by molar-refractivity contribution is 0.179. The predicted molar refractivity (Wildman–Crippen MR) is 80.1 cm³/mol. The van der Waals surface area contributed by atoms with Crippen LogP contribution in [0.15, 0.2) is 42.5 Å². The zero-order chi connectivity index (χ0) is 14.8. The van der Waals surface area contributed by atoms with Crippen molar-refractivity contribution in [2.24, 2.45) is 0 Å². The molecule has 0 amide bonds. The summed E-state index contributed by atoms with van der Waals surface area (Å²) >= 11 is 0. The summed E-state index contributed by atoms with van der Waals surface area (Å²) in [6.45, 7) is 2.15. The third-order valence-corrected chi connectivity index (χ3v) is 4.16. The number of halogens is 1. The normalized spacial score (nSPS) is 18.1. The molecule has 2 nitrogen and oxygen atoms in total. The van der Waals surface area contributed by atoms with Crippen molar-refractivity contribution in [3.05, 3.63) is 65.0 Å². The van der Waals surface area contributed by atoms with E-state index >= 15 is 0 Å². The van der Waals surface area contributed by atoms with Gasteiger partial charge < -0.3 is 9.84 Å². The van der Waals surface area contributed by atoms with Gasteiger partial charge in [-0.3, -0.25) is 0 Å². The van der Waals surface area contributed by atoms with E-state index in [1.54, 1.807) is 6.07 Å². The second-order valence-corrected chi connectivity index (χ2v) is 5.67. The molecule has 2 atom stereocenters. The minimum atomic E-state index is -0.226. The van der Waals surface area contributed by atoms with Crippen molar-refractivity contribution in [2.45, 2.75) is 31.8 Å². The van der Waals surface area contributed by atoms with E-state index in [-0.39, 0.29) is 24.4 Å². The first-order chi connectivity index (χ1) is 10.2. The van der Waals surface area contributed by atoms with Crippen LogP contribution in [0.5, 0.6) is 5.75 Å². The van der Waals surface area contributed by atoms with Gasteiger partial charge in [0, 0.05) is 17.9 Å². The number of fused-ring (bicyclic) bond motifs is 1. The molecule has 0 aromatic heterocycles. The molecule has 3 heteroatoms. The lowest BCUT2D eigenvalue weighted by Crippen LogP contribution is -2.19. The first-order valence-electron chi connectivity index (χ1n) is 7.29. The minimum Gasteiger partial charge on any atom is -0.490 e. The molecule has 0 radical (unpaired) electrons.